The van der Waals surface area contributed by atoms with Crippen molar-refractivity contribution in [1.29, 1.82) is 5.26 Å². The van der Waals surface area contributed by atoms with Crippen molar-refractivity contribution in [3.05, 3.63) is 34.8 Å². The van der Waals surface area contributed by atoms with Gasteiger partial charge in [0.15, 0.2) is 5.57 Å². The lowest BCUT2D eigenvalue weighted by molar-refractivity contribution is -0.138. The van der Waals surface area contributed by atoms with Gasteiger partial charge in [-0.3, -0.25) is 15.6 Å². The second-order valence-electron chi connectivity index (χ2n) is 3.67. The Morgan fingerprint density at radius 2 is 2.24 bits per heavy atom. The van der Waals surface area contributed by atoms with E-state index in [9.17, 15) is 9.59 Å². The molecule has 0 unspecified atom stereocenters. The van der Waals surface area contributed by atoms with Gasteiger partial charge in [-0.05, 0) is 25.3 Å². The SMILES string of the molecule is CCOC(=O)C(C#N)=C(NNC(=O)Cc1ccco1)SC. The molecular weight excluding hydrogens is 294 g/mol. The molecule has 0 radical (unpaired) electrons. The normalized spacial score (nSPS) is 11.1. The van der Waals surface area contributed by atoms with Crippen LogP contribution in [-0.2, 0) is 20.7 Å². The van der Waals surface area contributed by atoms with Crippen LogP contribution in [0.4, 0.5) is 0 Å². The first-order chi connectivity index (χ1) is 10.1. The van der Waals surface area contributed by atoms with E-state index in [-0.39, 0.29) is 29.5 Å². The van der Waals surface area contributed by atoms with Gasteiger partial charge >= 0.3 is 5.97 Å². The van der Waals surface area contributed by atoms with Crippen LogP contribution >= 0.6 is 11.8 Å². The zero-order chi connectivity index (χ0) is 15.7. The van der Waals surface area contributed by atoms with Gasteiger partial charge in [-0.2, -0.15) is 5.26 Å². The number of ether oxygens (including phenoxy) is 1. The molecule has 1 aromatic heterocycles. The monoisotopic (exact) mass is 309 g/mol. The van der Waals surface area contributed by atoms with E-state index in [0.717, 1.165) is 11.8 Å². The number of furan rings is 1. The Labute approximate surface area is 126 Å². The Balaban J connectivity index is 2.66. The number of hydrogen-bond acceptors (Lipinski definition) is 7. The first-order valence-electron chi connectivity index (χ1n) is 6.05. The lowest BCUT2D eigenvalue weighted by Gasteiger charge is -2.11. The molecule has 1 rings (SSSR count). The predicted octanol–water partition coefficient (Wildman–Crippen LogP) is 1.10. The molecular formula is C13H15N3O4S. The van der Waals surface area contributed by atoms with Crippen LogP contribution in [0.1, 0.15) is 12.7 Å². The number of rotatable bonds is 7. The molecule has 0 fully saturated rings. The van der Waals surface area contributed by atoms with Gasteiger partial charge in [-0.1, -0.05) is 0 Å². The smallest absolute Gasteiger partial charge is 0.351 e. The topological polar surface area (TPSA) is 104 Å². The van der Waals surface area contributed by atoms with Gasteiger partial charge in [0, 0.05) is 0 Å². The maximum Gasteiger partial charge on any atom is 0.351 e. The average molecular weight is 309 g/mol. The lowest BCUT2D eigenvalue weighted by Crippen LogP contribution is -2.38. The van der Waals surface area contributed by atoms with Crippen LogP contribution in [-0.4, -0.2) is 24.7 Å². The molecule has 0 spiro atoms. The standard InChI is InChI=1S/C13H15N3O4S/c1-3-19-13(18)10(8-14)12(21-2)16-15-11(17)7-9-5-4-6-20-9/h4-6,16H,3,7H2,1-2H3,(H,15,17). The number of hydrazine groups is 1. The highest BCUT2D eigenvalue weighted by molar-refractivity contribution is 8.02. The highest BCUT2D eigenvalue weighted by Crippen LogP contribution is 2.14. The second kappa shape index (κ2) is 8.71. The molecule has 112 valence electrons. The minimum atomic E-state index is -0.739. The Hall–Kier alpha value is -2.40. The van der Waals surface area contributed by atoms with Gasteiger partial charge in [0.05, 0.1) is 19.3 Å². The number of thioether (sulfide) groups is 1. The molecule has 1 heterocycles. The molecule has 0 aliphatic heterocycles. The number of amides is 1. The molecule has 0 saturated heterocycles. The fourth-order valence-corrected chi connectivity index (χ4v) is 1.84. The molecule has 0 saturated carbocycles. The number of carbonyl (C=O) groups is 2. The minimum Gasteiger partial charge on any atom is -0.469 e. The van der Waals surface area contributed by atoms with E-state index >= 15 is 0 Å². The van der Waals surface area contributed by atoms with E-state index in [0.29, 0.717) is 5.76 Å². The summed E-state index contributed by atoms with van der Waals surface area (Å²) in [6.45, 7) is 1.81. The van der Waals surface area contributed by atoms with Crippen molar-refractivity contribution in [2.45, 2.75) is 13.3 Å². The first kappa shape index (κ1) is 16.7. The maximum atomic E-state index is 11.7. The maximum absolute atomic E-state index is 11.7. The summed E-state index contributed by atoms with van der Waals surface area (Å²) < 4.78 is 9.81. The van der Waals surface area contributed by atoms with Crippen LogP contribution in [0, 0.1) is 11.3 Å². The van der Waals surface area contributed by atoms with E-state index in [1.165, 1.54) is 6.26 Å². The number of hydrogen-bond donors (Lipinski definition) is 2. The number of esters is 1. The molecule has 7 nitrogen and oxygen atoms in total. The summed E-state index contributed by atoms with van der Waals surface area (Å²) in [4.78, 5) is 23.3. The molecule has 0 aliphatic rings. The predicted molar refractivity (Wildman–Crippen MR) is 76.5 cm³/mol. The Morgan fingerprint density at radius 3 is 2.76 bits per heavy atom. The molecule has 1 aromatic rings. The molecule has 0 bridgehead atoms. The van der Waals surface area contributed by atoms with Crippen LogP contribution in [0.3, 0.4) is 0 Å². The zero-order valence-corrected chi connectivity index (χ0v) is 12.5. The number of nitriles is 1. The van der Waals surface area contributed by atoms with Gasteiger partial charge in [0.25, 0.3) is 0 Å². The molecule has 2 N–H and O–H groups in total. The molecule has 0 aromatic carbocycles. The fourth-order valence-electron chi connectivity index (χ4n) is 1.35. The third-order valence-electron chi connectivity index (χ3n) is 2.25. The number of nitrogens with zero attached hydrogens (tertiary/aromatic N) is 1. The van der Waals surface area contributed by atoms with Crippen molar-refractivity contribution in [2.24, 2.45) is 0 Å². The van der Waals surface area contributed by atoms with E-state index < -0.39 is 5.97 Å². The van der Waals surface area contributed by atoms with Crippen molar-refractivity contribution in [2.75, 3.05) is 12.9 Å². The quantitative estimate of drug-likeness (QED) is 0.336. The van der Waals surface area contributed by atoms with E-state index in [1.54, 1.807) is 31.4 Å². The third kappa shape index (κ3) is 5.24. The Bertz CT molecular complexity index is 560. The van der Waals surface area contributed by atoms with E-state index in [2.05, 4.69) is 10.9 Å². The summed E-state index contributed by atoms with van der Waals surface area (Å²) in [5.41, 5.74) is 4.76. The van der Waals surface area contributed by atoms with Gasteiger partial charge in [0.2, 0.25) is 5.91 Å². The molecule has 8 heteroatoms. The minimum absolute atomic E-state index is 0.0446. The summed E-state index contributed by atoms with van der Waals surface area (Å²) in [6.07, 6.45) is 3.18. The summed E-state index contributed by atoms with van der Waals surface area (Å²) in [5, 5.41) is 9.22. The van der Waals surface area contributed by atoms with Crippen molar-refractivity contribution < 1.29 is 18.7 Å². The van der Waals surface area contributed by atoms with Crippen LogP contribution in [0.25, 0.3) is 0 Å². The van der Waals surface area contributed by atoms with E-state index in [4.69, 9.17) is 14.4 Å². The van der Waals surface area contributed by atoms with Crippen molar-refractivity contribution in [3.63, 3.8) is 0 Å². The second-order valence-corrected chi connectivity index (χ2v) is 4.49. The highest BCUT2D eigenvalue weighted by atomic mass is 32.2. The lowest BCUT2D eigenvalue weighted by atomic mass is 10.3. The molecule has 21 heavy (non-hydrogen) atoms. The van der Waals surface area contributed by atoms with Crippen LogP contribution in [0.2, 0.25) is 0 Å². The summed E-state index contributed by atoms with van der Waals surface area (Å²) in [6, 6.07) is 5.11. The van der Waals surface area contributed by atoms with Crippen LogP contribution < -0.4 is 10.9 Å². The fraction of sp³-hybridized carbons (Fsp3) is 0.308. The number of carbonyl (C=O) groups excluding carboxylic acids is 2. The van der Waals surface area contributed by atoms with Gasteiger partial charge < -0.3 is 9.15 Å². The highest BCUT2D eigenvalue weighted by Gasteiger charge is 2.17. The van der Waals surface area contributed by atoms with Gasteiger partial charge in [-0.25, -0.2) is 4.79 Å². The third-order valence-corrected chi connectivity index (χ3v) is 2.97. The van der Waals surface area contributed by atoms with Crippen molar-refractivity contribution >= 4 is 23.6 Å². The zero-order valence-electron chi connectivity index (χ0n) is 11.6. The molecule has 1 amide bonds. The van der Waals surface area contributed by atoms with Crippen molar-refractivity contribution in [3.8, 4) is 6.07 Å². The van der Waals surface area contributed by atoms with Gasteiger partial charge in [0.1, 0.15) is 16.9 Å². The Morgan fingerprint density at radius 1 is 1.48 bits per heavy atom. The van der Waals surface area contributed by atoms with Gasteiger partial charge in [-0.15, -0.1) is 11.8 Å². The first-order valence-corrected chi connectivity index (χ1v) is 7.27. The Kier molecular flexibility index (Phi) is 6.91. The molecule has 0 aliphatic carbocycles. The van der Waals surface area contributed by atoms with Crippen molar-refractivity contribution in [1.82, 2.24) is 10.9 Å². The average Bonchev–Trinajstić information content (AvgIpc) is 2.96. The number of nitrogens with one attached hydrogen (secondary N) is 2. The van der Waals surface area contributed by atoms with Crippen LogP contribution in [0.5, 0.6) is 0 Å². The summed E-state index contributed by atoms with van der Waals surface area (Å²) in [5.74, 6) is -0.593. The molecule has 0 atom stereocenters. The largest absolute Gasteiger partial charge is 0.469 e. The van der Waals surface area contributed by atoms with E-state index in [1.807, 2.05) is 0 Å². The van der Waals surface area contributed by atoms with Crippen LogP contribution in [0.15, 0.2) is 33.4 Å². The summed E-state index contributed by atoms with van der Waals surface area (Å²) in [7, 11) is 0. The summed E-state index contributed by atoms with van der Waals surface area (Å²) >= 11 is 1.11.